The second kappa shape index (κ2) is 8.93. The average Bonchev–Trinajstić information content (AvgIpc) is 3.62. The molecule has 0 atom stereocenters. The smallest absolute Gasteiger partial charge is 0.266 e. The van der Waals surface area contributed by atoms with Crippen LogP contribution in [-0.4, -0.2) is 24.8 Å². The largest absolute Gasteiger partial charge is 0.497 e. The summed E-state index contributed by atoms with van der Waals surface area (Å²) in [6.45, 7) is 0.355. The van der Waals surface area contributed by atoms with Gasteiger partial charge < -0.3 is 9.64 Å². The Labute approximate surface area is 188 Å². The number of nitrogens with zero attached hydrogens (tertiary/aromatic N) is 1. The lowest BCUT2D eigenvalue weighted by atomic mass is 10.1. The summed E-state index contributed by atoms with van der Waals surface area (Å²) in [6.07, 6.45) is 3.30. The maximum absolute atomic E-state index is 13.2. The van der Waals surface area contributed by atoms with E-state index in [2.05, 4.69) is 26.8 Å². The number of benzene rings is 2. The maximum Gasteiger partial charge on any atom is 0.266 e. The van der Waals surface area contributed by atoms with Crippen molar-refractivity contribution in [2.24, 2.45) is 5.92 Å². The molecule has 0 bridgehead atoms. The van der Waals surface area contributed by atoms with Crippen LogP contribution in [0.25, 0.3) is 6.08 Å². The number of ether oxygens (including phenoxy) is 1. The van der Waals surface area contributed by atoms with Crippen molar-refractivity contribution < 1.29 is 19.1 Å². The normalized spacial score (nSPS) is 15.5. The predicted molar refractivity (Wildman–Crippen MR) is 120 cm³/mol. The van der Waals surface area contributed by atoms with Crippen LogP contribution in [0, 0.1) is 5.92 Å². The van der Waals surface area contributed by atoms with Crippen LogP contribution in [0.2, 0.25) is 0 Å². The first-order valence-electron chi connectivity index (χ1n) is 9.98. The molecule has 4 rings (SSSR count). The number of methoxy groups -OCH3 is 1. The number of nitrogens with one attached hydrogen (secondary N) is 2. The van der Waals surface area contributed by atoms with Gasteiger partial charge in [0.05, 0.1) is 25.8 Å². The van der Waals surface area contributed by atoms with Gasteiger partial charge in [0, 0.05) is 16.0 Å². The van der Waals surface area contributed by atoms with Gasteiger partial charge in [-0.3, -0.25) is 25.2 Å². The number of rotatable bonds is 5. The Morgan fingerprint density at radius 2 is 1.87 bits per heavy atom. The third kappa shape index (κ3) is 4.96. The molecule has 0 spiro atoms. The summed E-state index contributed by atoms with van der Waals surface area (Å²) in [4.78, 5) is 39.3. The lowest BCUT2D eigenvalue weighted by Gasteiger charge is -2.23. The third-order valence-corrected chi connectivity index (χ3v) is 5.79. The van der Waals surface area contributed by atoms with E-state index < -0.39 is 5.91 Å². The van der Waals surface area contributed by atoms with Crippen LogP contribution >= 0.6 is 15.9 Å². The van der Waals surface area contributed by atoms with Crippen LogP contribution < -0.4 is 20.5 Å². The van der Waals surface area contributed by atoms with Crippen molar-refractivity contribution in [2.45, 2.75) is 25.8 Å². The zero-order valence-electron chi connectivity index (χ0n) is 17.0. The summed E-state index contributed by atoms with van der Waals surface area (Å²) in [5.74, 6) is -0.171. The third-order valence-electron chi connectivity index (χ3n) is 5.29. The number of halogens is 1. The minimum atomic E-state index is -0.484. The number of fused-ring (bicyclic) bond motifs is 1. The van der Waals surface area contributed by atoms with Gasteiger partial charge in [0.1, 0.15) is 5.75 Å². The zero-order valence-corrected chi connectivity index (χ0v) is 18.6. The number of carbonyl (C=O) groups is 3. The summed E-state index contributed by atoms with van der Waals surface area (Å²) in [6, 6.07) is 13.1. The number of hydrazine groups is 1. The molecular formula is C23H22BrN3O4. The van der Waals surface area contributed by atoms with Crippen molar-refractivity contribution in [3.8, 4) is 5.75 Å². The van der Waals surface area contributed by atoms with Gasteiger partial charge in [-0.25, -0.2) is 0 Å². The molecule has 7 nitrogen and oxygen atoms in total. The van der Waals surface area contributed by atoms with Crippen LogP contribution in [0.3, 0.4) is 0 Å². The SMILES string of the molecule is COc1ccc(CN2C(=O)CC(C(=O)NNC(=O)C3CC3)=Cc3ccc(Br)cc32)cc1. The van der Waals surface area contributed by atoms with E-state index in [1.807, 2.05) is 42.5 Å². The molecule has 1 heterocycles. The van der Waals surface area contributed by atoms with Crippen LogP contribution in [0.15, 0.2) is 52.5 Å². The fourth-order valence-electron chi connectivity index (χ4n) is 3.38. The first-order chi connectivity index (χ1) is 14.9. The topological polar surface area (TPSA) is 87.7 Å². The molecule has 31 heavy (non-hydrogen) atoms. The second-order valence-electron chi connectivity index (χ2n) is 7.60. The predicted octanol–water partition coefficient (Wildman–Crippen LogP) is 3.34. The fourth-order valence-corrected chi connectivity index (χ4v) is 3.73. The maximum atomic E-state index is 13.2. The van der Waals surface area contributed by atoms with Gasteiger partial charge >= 0.3 is 0 Å². The van der Waals surface area contributed by atoms with Gasteiger partial charge in [0.15, 0.2) is 0 Å². The highest BCUT2D eigenvalue weighted by molar-refractivity contribution is 9.10. The number of anilines is 1. The molecule has 2 aromatic rings. The Morgan fingerprint density at radius 3 is 2.55 bits per heavy atom. The Balaban J connectivity index is 1.58. The van der Waals surface area contributed by atoms with E-state index in [0.717, 1.165) is 34.2 Å². The number of carbonyl (C=O) groups excluding carboxylic acids is 3. The minimum Gasteiger partial charge on any atom is -0.497 e. The van der Waals surface area contributed by atoms with E-state index in [0.29, 0.717) is 17.8 Å². The molecule has 3 amide bonds. The number of hydrogen-bond donors (Lipinski definition) is 2. The van der Waals surface area contributed by atoms with Gasteiger partial charge in [0.2, 0.25) is 11.8 Å². The van der Waals surface area contributed by atoms with Crippen molar-refractivity contribution in [2.75, 3.05) is 12.0 Å². The van der Waals surface area contributed by atoms with Crippen LogP contribution in [0.5, 0.6) is 5.75 Å². The molecule has 1 saturated carbocycles. The molecule has 0 aromatic heterocycles. The molecule has 8 heteroatoms. The first kappa shape index (κ1) is 21.1. The summed E-state index contributed by atoms with van der Waals surface area (Å²) >= 11 is 3.47. The molecule has 2 aliphatic rings. The molecule has 160 valence electrons. The van der Waals surface area contributed by atoms with E-state index in [1.54, 1.807) is 18.1 Å². The highest BCUT2D eigenvalue weighted by Gasteiger charge is 2.31. The van der Waals surface area contributed by atoms with Crippen LogP contribution in [0.4, 0.5) is 5.69 Å². The summed E-state index contributed by atoms with van der Waals surface area (Å²) in [5.41, 5.74) is 7.58. The molecule has 1 fully saturated rings. The van der Waals surface area contributed by atoms with E-state index >= 15 is 0 Å². The molecular weight excluding hydrogens is 462 g/mol. The molecule has 1 aliphatic heterocycles. The van der Waals surface area contributed by atoms with Gasteiger partial charge in [-0.1, -0.05) is 34.1 Å². The van der Waals surface area contributed by atoms with Crippen molar-refractivity contribution in [3.63, 3.8) is 0 Å². The van der Waals surface area contributed by atoms with Crippen LogP contribution in [0.1, 0.15) is 30.4 Å². The van der Waals surface area contributed by atoms with E-state index in [9.17, 15) is 14.4 Å². The van der Waals surface area contributed by atoms with Gasteiger partial charge in [-0.15, -0.1) is 0 Å². The quantitative estimate of drug-likeness (QED) is 0.638. The molecule has 0 radical (unpaired) electrons. The summed E-state index contributed by atoms with van der Waals surface area (Å²) in [5, 5.41) is 0. The van der Waals surface area contributed by atoms with E-state index in [4.69, 9.17) is 4.74 Å². The first-order valence-corrected chi connectivity index (χ1v) is 10.8. The Morgan fingerprint density at radius 1 is 1.13 bits per heavy atom. The second-order valence-corrected chi connectivity index (χ2v) is 8.51. The van der Waals surface area contributed by atoms with E-state index in [1.165, 1.54) is 0 Å². The summed E-state index contributed by atoms with van der Waals surface area (Å²) in [7, 11) is 1.60. The highest BCUT2D eigenvalue weighted by Crippen LogP contribution is 2.33. The molecule has 2 aromatic carbocycles. The molecule has 0 unspecified atom stereocenters. The minimum absolute atomic E-state index is 0.0249. The highest BCUT2D eigenvalue weighted by atomic mass is 79.9. The number of hydrogen-bond acceptors (Lipinski definition) is 4. The molecule has 2 N–H and O–H groups in total. The fraction of sp³-hybridized carbons (Fsp3) is 0.261. The van der Waals surface area contributed by atoms with Gasteiger partial charge in [-0.05, 0) is 54.3 Å². The van der Waals surface area contributed by atoms with Crippen molar-refractivity contribution in [1.82, 2.24) is 10.9 Å². The van der Waals surface area contributed by atoms with Gasteiger partial charge in [0.25, 0.3) is 5.91 Å². The molecule has 1 aliphatic carbocycles. The van der Waals surface area contributed by atoms with Crippen molar-refractivity contribution in [3.05, 3.63) is 63.6 Å². The Bertz CT molecular complexity index is 1060. The van der Waals surface area contributed by atoms with Gasteiger partial charge in [-0.2, -0.15) is 0 Å². The Hall–Kier alpha value is -3.13. The average molecular weight is 484 g/mol. The molecule has 0 saturated heterocycles. The zero-order chi connectivity index (χ0) is 22.0. The lowest BCUT2D eigenvalue weighted by Crippen LogP contribution is -2.43. The summed E-state index contributed by atoms with van der Waals surface area (Å²) < 4.78 is 6.03. The van der Waals surface area contributed by atoms with E-state index in [-0.39, 0.29) is 24.2 Å². The Kier molecular flexibility index (Phi) is 6.08. The van der Waals surface area contributed by atoms with Crippen molar-refractivity contribution >= 4 is 45.4 Å². The number of amides is 3. The standard InChI is InChI=1S/C23H22BrN3O4/c1-31-19-8-2-14(3-9-19)13-27-20-12-18(24)7-6-16(20)10-17(11-21(27)28)23(30)26-25-22(29)15-4-5-15/h2-3,6-10,12,15H,4-5,11,13H2,1H3,(H,25,29)(H,26,30). The lowest BCUT2D eigenvalue weighted by molar-refractivity contribution is -0.128. The van der Waals surface area contributed by atoms with Crippen molar-refractivity contribution in [1.29, 1.82) is 0 Å². The monoisotopic (exact) mass is 483 g/mol. The van der Waals surface area contributed by atoms with Crippen LogP contribution in [-0.2, 0) is 20.9 Å².